The molecule has 8 heavy (non-hydrogen) atoms. The van der Waals surface area contributed by atoms with Crippen molar-refractivity contribution in [3.05, 3.63) is 0 Å². The molecular formula is C6H7OS. The van der Waals surface area contributed by atoms with Crippen LogP contribution in [0.25, 0.3) is 0 Å². The highest BCUT2D eigenvalue weighted by Crippen LogP contribution is 1.96. The van der Waals surface area contributed by atoms with E-state index in [1.54, 1.807) is 13.8 Å². The van der Waals surface area contributed by atoms with Crippen LogP contribution in [0.1, 0.15) is 13.8 Å². The normalized spacial score (nSPS) is 11.2. The van der Waals surface area contributed by atoms with E-state index >= 15 is 0 Å². The summed E-state index contributed by atoms with van der Waals surface area (Å²) in [7, 11) is 0. The van der Waals surface area contributed by atoms with E-state index in [-0.39, 0.29) is 11.0 Å². The van der Waals surface area contributed by atoms with Gasteiger partial charge >= 0.3 is 0 Å². The van der Waals surface area contributed by atoms with E-state index in [1.165, 1.54) is 0 Å². The van der Waals surface area contributed by atoms with Gasteiger partial charge in [-0.2, -0.15) is 0 Å². The van der Waals surface area contributed by atoms with Crippen LogP contribution in [0.4, 0.5) is 0 Å². The molecule has 43 valence electrons. The van der Waals surface area contributed by atoms with E-state index in [1.807, 2.05) is 0 Å². The van der Waals surface area contributed by atoms with Crippen LogP contribution >= 0.6 is 12.6 Å². The van der Waals surface area contributed by atoms with Crippen molar-refractivity contribution in [2.75, 3.05) is 0 Å². The van der Waals surface area contributed by atoms with Crippen LogP contribution in [-0.4, -0.2) is 5.12 Å². The molecular weight excluding hydrogens is 120 g/mol. The molecule has 0 aliphatic rings. The second-order valence-corrected chi connectivity index (χ2v) is 1.84. The number of hydrogen-bond acceptors (Lipinski definition) is 1. The Morgan fingerprint density at radius 1 is 1.75 bits per heavy atom. The van der Waals surface area contributed by atoms with Gasteiger partial charge in [0.1, 0.15) is 0 Å². The molecule has 1 atom stereocenters. The molecule has 0 aliphatic heterocycles. The quantitative estimate of drug-likeness (QED) is 0.486. The highest BCUT2D eigenvalue weighted by Gasteiger charge is 2.02. The molecule has 0 aromatic carbocycles. The van der Waals surface area contributed by atoms with Gasteiger partial charge in [0.25, 0.3) is 0 Å². The fourth-order valence-corrected chi connectivity index (χ4v) is 0.334. The second-order valence-electron chi connectivity index (χ2n) is 1.44. The van der Waals surface area contributed by atoms with Gasteiger partial charge in [-0.05, 0) is 26.5 Å². The average Bonchev–Trinajstić information content (AvgIpc) is 1.67. The molecule has 1 unspecified atom stereocenters. The maximum Gasteiger partial charge on any atom is 0.233 e. The second kappa shape index (κ2) is 3.45. The number of carbonyl (C=O) groups excluding carboxylic acids is 1. The average molecular weight is 127 g/mol. The van der Waals surface area contributed by atoms with Crippen LogP contribution < -0.4 is 0 Å². The third kappa shape index (κ3) is 2.59. The van der Waals surface area contributed by atoms with Gasteiger partial charge in [0.05, 0.1) is 5.92 Å². The van der Waals surface area contributed by atoms with Gasteiger partial charge in [-0.3, -0.25) is 4.79 Å². The van der Waals surface area contributed by atoms with Crippen molar-refractivity contribution in [1.29, 1.82) is 0 Å². The number of carbonyl (C=O) groups is 1. The summed E-state index contributed by atoms with van der Waals surface area (Å²) in [5, 5.41) is -0.278. The van der Waals surface area contributed by atoms with Crippen LogP contribution in [-0.2, 0) is 4.79 Å². The first-order valence-electron chi connectivity index (χ1n) is 2.31. The van der Waals surface area contributed by atoms with Crippen molar-refractivity contribution in [2.45, 2.75) is 13.8 Å². The van der Waals surface area contributed by atoms with E-state index in [9.17, 15) is 4.79 Å². The first-order chi connectivity index (χ1) is 3.68. The minimum absolute atomic E-state index is 0.269. The van der Waals surface area contributed by atoms with E-state index < -0.39 is 0 Å². The lowest BCUT2D eigenvalue weighted by Gasteiger charge is -1.89. The van der Waals surface area contributed by atoms with E-state index in [4.69, 9.17) is 0 Å². The monoisotopic (exact) mass is 127 g/mol. The topological polar surface area (TPSA) is 17.1 Å². The molecule has 0 fully saturated rings. The van der Waals surface area contributed by atoms with Crippen molar-refractivity contribution < 1.29 is 4.79 Å². The molecule has 1 radical (unpaired) electrons. The Labute approximate surface area is 54.9 Å². The minimum atomic E-state index is -0.278. The Bertz CT molecular complexity index is 140. The van der Waals surface area contributed by atoms with Crippen LogP contribution in [0.3, 0.4) is 0 Å². The zero-order valence-electron chi connectivity index (χ0n) is 4.89. The summed E-state index contributed by atoms with van der Waals surface area (Å²) in [5.41, 5.74) is 0. The van der Waals surface area contributed by atoms with Crippen molar-refractivity contribution >= 4 is 17.7 Å². The zero-order chi connectivity index (χ0) is 6.57. The van der Waals surface area contributed by atoms with Gasteiger partial charge in [0.2, 0.25) is 5.12 Å². The number of hydrogen-bond donors (Lipinski definition) is 0. The lowest BCUT2D eigenvalue weighted by molar-refractivity contribution is -0.112. The smallest absolute Gasteiger partial charge is 0.233 e. The predicted octanol–water partition coefficient (Wildman–Crippen LogP) is 1.37. The molecule has 0 aromatic rings. The van der Waals surface area contributed by atoms with Crippen molar-refractivity contribution in [2.24, 2.45) is 5.92 Å². The molecule has 0 bridgehead atoms. The van der Waals surface area contributed by atoms with Crippen molar-refractivity contribution in [1.82, 2.24) is 0 Å². The molecule has 0 N–H and O–H groups in total. The highest BCUT2D eigenvalue weighted by atomic mass is 32.1. The van der Waals surface area contributed by atoms with Gasteiger partial charge in [0, 0.05) is 0 Å². The Hall–Kier alpha value is -0.550. The molecule has 0 spiro atoms. The van der Waals surface area contributed by atoms with Gasteiger partial charge in [-0.15, -0.1) is 5.92 Å². The molecule has 2 heteroatoms. The molecule has 0 aromatic heterocycles. The maximum atomic E-state index is 10.2. The molecule has 0 saturated carbocycles. The summed E-state index contributed by atoms with van der Waals surface area (Å²) in [6.07, 6.45) is 0. The third-order valence-corrected chi connectivity index (χ3v) is 1.07. The molecule has 1 nitrogen and oxygen atoms in total. The summed E-state index contributed by atoms with van der Waals surface area (Å²) in [6.45, 7) is 3.39. The first kappa shape index (κ1) is 7.45. The van der Waals surface area contributed by atoms with Gasteiger partial charge in [-0.25, -0.2) is 0 Å². The molecule has 0 rings (SSSR count). The summed E-state index contributed by atoms with van der Waals surface area (Å²) in [5.74, 6) is 4.98. The van der Waals surface area contributed by atoms with E-state index in [0.717, 1.165) is 0 Å². The van der Waals surface area contributed by atoms with Crippen LogP contribution in [0.15, 0.2) is 0 Å². The summed E-state index contributed by atoms with van der Waals surface area (Å²) >= 11 is 4.33. The van der Waals surface area contributed by atoms with Crippen molar-refractivity contribution in [3.8, 4) is 11.8 Å². The Kier molecular flexibility index (Phi) is 3.21. The summed E-state index contributed by atoms with van der Waals surface area (Å²) in [6, 6.07) is 0. The van der Waals surface area contributed by atoms with Gasteiger partial charge < -0.3 is 0 Å². The van der Waals surface area contributed by atoms with Crippen LogP contribution in [0.5, 0.6) is 0 Å². The molecule has 0 saturated heterocycles. The molecule has 0 amide bonds. The Balaban J connectivity index is 3.77. The van der Waals surface area contributed by atoms with Crippen LogP contribution in [0, 0.1) is 17.8 Å². The number of rotatable bonds is 1. The van der Waals surface area contributed by atoms with E-state index in [2.05, 4.69) is 24.5 Å². The largest absolute Gasteiger partial charge is 0.281 e. The maximum absolute atomic E-state index is 10.2. The SMILES string of the molecule is CC#CC(C)C(=O)[S]. The lowest BCUT2D eigenvalue weighted by atomic mass is 10.2. The van der Waals surface area contributed by atoms with E-state index in [0.29, 0.717) is 0 Å². The predicted molar refractivity (Wildman–Crippen MR) is 35.2 cm³/mol. The van der Waals surface area contributed by atoms with Gasteiger partial charge in [-0.1, -0.05) is 5.92 Å². The molecule has 0 heterocycles. The Morgan fingerprint density at radius 3 is 2.38 bits per heavy atom. The fourth-order valence-electron chi connectivity index (χ4n) is 0.275. The third-order valence-electron chi connectivity index (χ3n) is 0.714. The first-order valence-corrected chi connectivity index (χ1v) is 2.72. The Morgan fingerprint density at radius 2 is 2.25 bits per heavy atom. The summed E-state index contributed by atoms with van der Waals surface area (Å²) < 4.78 is 0. The molecule has 0 aliphatic carbocycles. The highest BCUT2D eigenvalue weighted by molar-refractivity contribution is 7.96. The zero-order valence-corrected chi connectivity index (χ0v) is 5.71. The van der Waals surface area contributed by atoms with Crippen LogP contribution in [0.2, 0.25) is 0 Å². The fraction of sp³-hybridized carbons (Fsp3) is 0.500. The van der Waals surface area contributed by atoms with Gasteiger partial charge in [0.15, 0.2) is 0 Å². The minimum Gasteiger partial charge on any atom is -0.281 e. The summed E-state index contributed by atoms with van der Waals surface area (Å²) in [4.78, 5) is 10.2. The lowest BCUT2D eigenvalue weighted by Crippen LogP contribution is -1.98. The van der Waals surface area contributed by atoms with Crippen molar-refractivity contribution in [3.63, 3.8) is 0 Å². The standard InChI is InChI=1S/C6H7OS/c1-3-4-5(2)6(7)8/h5H,1-2H3.